The lowest BCUT2D eigenvalue weighted by atomic mass is 10.0. The molecule has 0 radical (unpaired) electrons. The van der Waals surface area contributed by atoms with Gasteiger partial charge in [-0.25, -0.2) is 4.39 Å². The molecule has 0 aliphatic carbocycles. The molecule has 0 fully saturated rings. The Morgan fingerprint density at radius 3 is 2.55 bits per heavy atom. The third kappa shape index (κ3) is 4.85. The SMILES string of the molecule is C=C/C=C(\C=C/C=C(\C)c1ccc(F)cc1C)/C=C/C. The molecule has 0 heterocycles. The molecule has 0 nitrogen and oxygen atoms in total. The van der Waals surface area contributed by atoms with Crippen LogP contribution in [0.3, 0.4) is 0 Å². The second-order valence-corrected chi connectivity index (χ2v) is 4.57. The Morgan fingerprint density at radius 1 is 1.20 bits per heavy atom. The van der Waals surface area contributed by atoms with Crippen molar-refractivity contribution in [3.63, 3.8) is 0 Å². The highest BCUT2D eigenvalue weighted by Gasteiger charge is 2.00. The number of allylic oxidation sites excluding steroid dienone is 9. The van der Waals surface area contributed by atoms with Crippen LogP contribution in [0.4, 0.5) is 4.39 Å². The lowest BCUT2D eigenvalue weighted by Crippen LogP contribution is -1.87. The molecule has 0 N–H and O–H groups in total. The first-order valence-electron chi connectivity index (χ1n) is 6.65. The van der Waals surface area contributed by atoms with Crippen LogP contribution in [0.5, 0.6) is 0 Å². The van der Waals surface area contributed by atoms with Crippen molar-refractivity contribution in [3.8, 4) is 0 Å². The fraction of sp³-hybridized carbons (Fsp3) is 0.158. The maximum absolute atomic E-state index is 13.1. The predicted octanol–water partition coefficient (Wildman–Crippen LogP) is 5.78. The van der Waals surface area contributed by atoms with E-state index in [0.717, 1.165) is 22.3 Å². The second kappa shape index (κ2) is 8.11. The monoisotopic (exact) mass is 268 g/mol. The summed E-state index contributed by atoms with van der Waals surface area (Å²) >= 11 is 0. The molecule has 0 saturated carbocycles. The topological polar surface area (TPSA) is 0 Å². The van der Waals surface area contributed by atoms with Gasteiger partial charge in [0.05, 0.1) is 0 Å². The molecule has 1 rings (SSSR count). The van der Waals surface area contributed by atoms with Gasteiger partial charge in [-0.05, 0) is 55.2 Å². The van der Waals surface area contributed by atoms with Gasteiger partial charge >= 0.3 is 0 Å². The van der Waals surface area contributed by atoms with E-state index in [2.05, 4.69) is 6.58 Å². The van der Waals surface area contributed by atoms with E-state index in [1.807, 2.05) is 63.3 Å². The summed E-state index contributed by atoms with van der Waals surface area (Å²) in [6, 6.07) is 4.86. The van der Waals surface area contributed by atoms with E-state index in [1.165, 1.54) is 6.07 Å². The first-order valence-corrected chi connectivity index (χ1v) is 6.65. The summed E-state index contributed by atoms with van der Waals surface area (Å²) in [7, 11) is 0. The van der Waals surface area contributed by atoms with Gasteiger partial charge in [-0.2, -0.15) is 0 Å². The zero-order valence-corrected chi connectivity index (χ0v) is 12.4. The number of aryl methyl sites for hydroxylation is 1. The van der Waals surface area contributed by atoms with Crippen molar-refractivity contribution in [2.24, 2.45) is 0 Å². The number of hydrogen-bond donors (Lipinski definition) is 0. The van der Waals surface area contributed by atoms with Crippen molar-refractivity contribution in [1.29, 1.82) is 0 Å². The summed E-state index contributed by atoms with van der Waals surface area (Å²) in [5.74, 6) is -0.195. The Kier molecular flexibility index (Phi) is 6.45. The quantitative estimate of drug-likeness (QED) is 0.593. The number of hydrogen-bond acceptors (Lipinski definition) is 0. The fourth-order valence-electron chi connectivity index (χ4n) is 1.96. The summed E-state index contributed by atoms with van der Waals surface area (Å²) < 4.78 is 13.1. The molecule has 0 bridgehead atoms. The van der Waals surface area contributed by atoms with Crippen LogP contribution in [-0.4, -0.2) is 0 Å². The van der Waals surface area contributed by atoms with Crippen LogP contribution in [0.15, 0.2) is 72.9 Å². The van der Waals surface area contributed by atoms with E-state index >= 15 is 0 Å². The molecular formula is C19H21F. The summed E-state index contributed by atoms with van der Waals surface area (Å²) in [6.45, 7) is 9.62. The van der Waals surface area contributed by atoms with E-state index < -0.39 is 0 Å². The molecule has 20 heavy (non-hydrogen) atoms. The molecule has 1 aromatic rings. The molecule has 0 aliphatic rings. The van der Waals surface area contributed by atoms with E-state index in [9.17, 15) is 4.39 Å². The molecule has 0 amide bonds. The van der Waals surface area contributed by atoms with Gasteiger partial charge in [-0.15, -0.1) is 0 Å². The maximum Gasteiger partial charge on any atom is 0.123 e. The fourth-order valence-corrected chi connectivity index (χ4v) is 1.96. The zero-order chi connectivity index (χ0) is 15.0. The minimum atomic E-state index is -0.195. The summed E-state index contributed by atoms with van der Waals surface area (Å²) in [5, 5.41) is 0. The number of rotatable bonds is 5. The van der Waals surface area contributed by atoms with E-state index in [4.69, 9.17) is 0 Å². The average Bonchev–Trinajstić information content (AvgIpc) is 2.39. The lowest BCUT2D eigenvalue weighted by molar-refractivity contribution is 0.626. The van der Waals surface area contributed by atoms with Crippen molar-refractivity contribution < 1.29 is 4.39 Å². The highest BCUT2D eigenvalue weighted by Crippen LogP contribution is 2.19. The summed E-state index contributed by atoms with van der Waals surface area (Å²) in [4.78, 5) is 0. The smallest absolute Gasteiger partial charge is 0.123 e. The molecular weight excluding hydrogens is 247 g/mol. The minimum absolute atomic E-state index is 0.195. The Hall–Kier alpha value is -2.15. The largest absolute Gasteiger partial charge is 0.207 e. The second-order valence-electron chi connectivity index (χ2n) is 4.57. The van der Waals surface area contributed by atoms with Crippen LogP contribution in [-0.2, 0) is 0 Å². The van der Waals surface area contributed by atoms with Gasteiger partial charge in [0.2, 0.25) is 0 Å². The standard InChI is InChI=1S/C19H21F/c1-5-8-17(9-6-2)11-7-10-15(3)19-13-12-18(20)14-16(19)4/h5-14H,1H2,2-4H3/b9-6+,11-7-,15-10+,17-8-. The zero-order valence-electron chi connectivity index (χ0n) is 12.4. The molecule has 0 saturated heterocycles. The molecule has 0 atom stereocenters. The lowest BCUT2D eigenvalue weighted by Gasteiger charge is -2.05. The van der Waals surface area contributed by atoms with Gasteiger partial charge in [0, 0.05) is 0 Å². The van der Waals surface area contributed by atoms with E-state index in [0.29, 0.717) is 0 Å². The Balaban J connectivity index is 2.94. The molecule has 0 aromatic heterocycles. The maximum atomic E-state index is 13.1. The Morgan fingerprint density at radius 2 is 1.95 bits per heavy atom. The van der Waals surface area contributed by atoms with Crippen LogP contribution >= 0.6 is 0 Å². The molecule has 1 aromatic carbocycles. The highest BCUT2D eigenvalue weighted by atomic mass is 19.1. The van der Waals surface area contributed by atoms with Crippen molar-refractivity contribution in [2.45, 2.75) is 20.8 Å². The van der Waals surface area contributed by atoms with Crippen LogP contribution in [0, 0.1) is 12.7 Å². The number of halogens is 1. The summed E-state index contributed by atoms with van der Waals surface area (Å²) in [5.41, 5.74) is 4.21. The van der Waals surface area contributed by atoms with Crippen LogP contribution in [0.2, 0.25) is 0 Å². The average molecular weight is 268 g/mol. The van der Waals surface area contributed by atoms with Gasteiger partial charge in [-0.3, -0.25) is 0 Å². The van der Waals surface area contributed by atoms with Gasteiger partial charge in [-0.1, -0.05) is 55.2 Å². The van der Waals surface area contributed by atoms with Gasteiger partial charge in [0.25, 0.3) is 0 Å². The molecule has 0 unspecified atom stereocenters. The summed E-state index contributed by atoms with van der Waals surface area (Å²) in [6.07, 6.45) is 13.8. The van der Waals surface area contributed by atoms with E-state index in [-0.39, 0.29) is 5.82 Å². The third-order valence-corrected chi connectivity index (χ3v) is 2.92. The molecule has 104 valence electrons. The first-order chi connectivity index (χ1) is 9.58. The van der Waals surface area contributed by atoms with Crippen LogP contribution in [0.1, 0.15) is 25.0 Å². The minimum Gasteiger partial charge on any atom is -0.207 e. The molecule has 0 aliphatic heterocycles. The van der Waals surface area contributed by atoms with Gasteiger partial charge in [0.15, 0.2) is 0 Å². The molecule has 1 heteroatoms. The molecule has 0 spiro atoms. The van der Waals surface area contributed by atoms with E-state index in [1.54, 1.807) is 12.1 Å². The van der Waals surface area contributed by atoms with Crippen molar-refractivity contribution in [2.75, 3.05) is 0 Å². The van der Waals surface area contributed by atoms with Crippen LogP contribution in [0.25, 0.3) is 5.57 Å². The van der Waals surface area contributed by atoms with Crippen LogP contribution < -0.4 is 0 Å². The number of benzene rings is 1. The highest BCUT2D eigenvalue weighted by molar-refractivity contribution is 5.67. The Labute approximate surface area is 121 Å². The predicted molar refractivity (Wildman–Crippen MR) is 87.0 cm³/mol. The van der Waals surface area contributed by atoms with Crippen molar-refractivity contribution in [3.05, 3.63) is 89.8 Å². The van der Waals surface area contributed by atoms with Crippen molar-refractivity contribution in [1.82, 2.24) is 0 Å². The third-order valence-electron chi connectivity index (χ3n) is 2.92. The van der Waals surface area contributed by atoms with Gasteiger partial charge in [0.1, 0.15) is 5.82 Å². The van der Waals surface area contributed by atoms with Gasteiger partial charge < -0.3 is 0 Å². The van der Waals surface area contributed by atoms with Crippen molar-refractivity contribution >= 4 is 5.57 Å². The first kappa shape index (κ1) is 15.9. The normalized spacial score (nSPS) is 13.4. The Bertz CT molecular complexity index is 584.